The molecule has 180 valence electrons. The van der Waals surface area contributed by atoms with Crippen molar-refractivity contribution in [1.82, 2.24) is 20.2 Å². The van der Waals surface area contributed by atoms with Gasteiger partial charge in [-0.1, -0.05) is 31.4 Å². The van der Waals surface area contributed by atoms with E-state index in [0.29, 0.717) is 35.1 Å². The Hall–Kier alpha value is -3.07. The van der Waals surface area contributed by atoms with Crippen LogP contribution in [-0.2, 0) is 22.7 Å². The van der Waals surface area contributed by atoms with Crippen LogP contribution in [-0.4, -0.2) is 41.1 Å². The van der Waals surface area contributed by atoms with Gasteiger partial charge in [-0.25, -0.2) is 4.98 Å². The second-order valence-corrected chi connectivity index (χ2v) is 7.98. The molecule has 0 aliphatic carbocycles. The van der Waals surface area contributed by atoms with Crippen molar-refractivity contribution in [3.05, 3.63) is 51.0 Å². The summed E-state index contributed by atoms with van der Waals surface area (Å²) in [4.78, 5) is 41.2. The van der Waals surface area contributed by atoms with Crippen molar-refractivity contribution in [2.45, 2.75) is 53.1 Å². The highest BCUT2D eigenvalue weighted by Gasteiger charge is 2.13. The summed E-state index contributed by atoms with van der Waals surface area (Å²) in [5.74, 6) is 0.0919. The predicted octanol–water partition coefficient (Wildman–Crippen LogP) is 2.64. The van der Waals surface area contributed by atoms with Gasteiger partial charge in [0, 0.05) is 42.1 Å². The van der Waals surface area contributed by atoms with E-state index in [9.17, 15) is 14.4 Å². The van der Waals surface area contributed by atoms with Gasteiger partial charge in [0.15, 0.2) is 12.4 Å². The molecule has 0 fully saturated rings. The van der Waals surface area contributed by atoms with Crippen molar-refractivity contribution < 1.29 is 14.3 Å². The Morgan fingerprint density at radius 3 is 2.67 bits per heavy atom. The standard InChI is InChI=1S/C23H32ClN5O4/c1-4-6-7-10-26-22-23(32)29(16(3)12-28-22)14-20(30)27-13-17-11-18(24)8-9-19(17)33-15-21(31)25-5-2/h8-9,11-12H,4-7,10,13-15H2,1-3H3,(H,25,31)(H,26,28)(H,27,30). The molecule has 0 aliphatic rings. The van der Waals surface area contributed by atoms with E-state index in [1.54, 1.807) is 31.3 Å². The Balaban J connectivity index is 2.02. The first kappa shape index (κ1) is 26.2. The molecule has 2 aromatic rings. The minimum atomic E-state index is -0.349. The third-order valence-corrected chi connectivity index (χ3v) is 5.09. The van der Waals surface area contributed by atoms with Gasteiger partial charge in [0.2, 0.25) is 5.91 Å². The van der Waals surface area contributed by atoms with Gasteiger partial charge < -0.3 is 20.7 Å². The molecule has 33 heavy (non-hydrogen) atoms. The average Bonchev–Trinajstić information content (AvgIpc) is 2.79. The second kappa shape index (κ2) is 13.5. The van der Waals surface area contributed by atoms with E-state index < -0.39 is 0 Å². The number of rotatable bonds is 13. The van der Waals surface area contributed by atoms with Gasteiger partial charge in [-0.05, 0) is 38.5 Å². The largest absolute Gasteiger partial charge is 0.483 e. The summed E-state index contributed by atoms with van der Waals surface area (Å²) in [5.41, 5.74) is 0.871. The molecule has 0 aliphatic heterocycles. The Morgan fingerprint density at radius 2 is 1.94 bits per heavy atom. The van der Waals surface area contributed by atoms with Gasteiger partial charge in [0.05, 0.1) is 0 Å². The highest BCUT2D eigenvalue weighted by molar-refractivity contribution is 6.30. The molecular formula is C23H32ClN5O4. The fraction of sp³-hybridized carbons (Fsp3) is 0.478. The smallest absolute Gasteiger partial charge is 0.293 e. The predicted molar refractivity (Wildman–Crippen MR) is 129 cm³/mol. The fourth-order valence-corrected chi connectivity index (χ4v) is 3.28. The van der Waals surface area contributed by atoms with Gasteiger partial charge in [-0.2, -0.15) is 0 Å². The summed E-state index contributed by atoms with van der Waals surface area (Å²) in [7, 11) is 0. The van der Waals surface area contributed by atoms with Gasteiger partial charge in [0.1, 0.15) is 12.3 Å². The van der Waals surface area contributed by atoms with E-state index in [-0.39, 0.29) is 42.9 Å². The number of nitrogens with one attached hydrogen (secondary N) is 3. The number of hydrogen-bond acceptors (Lipinski definition) is 6. The van der Waals surface area contributed by atoms with Crippen LogP contribution in [0.1, 0.15) is 44.4 Å². The zero-order valence-electron chi connectivity index (χ0n) is 19.4. The molecule has 0 saturated heterocycles. The number of nitrogens with zero attached hydrogens (tertiary/aromatic N) is 2. The SMILES string of the molecule is CCCCCNc1ncc(C)n(CC(=O)NCc2cc(Cl)ccc2OCC(=O)NCC)c1=O. The average molecular weight is 478 g/mol. The number of anilines is 1. The Kier molecular flexibility index (Phi) is 10.7. The molecule has 1 aromatic heterocycles. The van der Waals surface area contributed by atoms with Crippen molar-refractivity contribution in [3.8, 4) is 5.75 Å². The number of unbranched alkanes of at least 4 members (excludes halogenated alkanes) is 2. The lowest BCUT2D eigenvalue weighted by Crippen LogP contribution is -2.34. The van der Waals surface area contributed by atoms with Gasteiger partial charge in [-0.3, -0.25) is 19.0 Å². The van der Waals surface area contributed by atoms with Crippen LogP contribution in [0.5, 0.6) is 5.75 Å². The lowest BCUT2D eigenvalue weighted by atomic mass is 10.2. The number of aryl methyl sites for hydroxylation is 1. The van der Waals surface area contributed by atoms with Gasteiger partial charge in [0.25, 0.3) is 11.5 Å². The summed E-state index contributed by atoms with van der Waals surface area (Å²) in [6, 6.07) is 4.96. The summed E-state index contributed by atoms with van der Waals surface area (Å²) in [6.45, 7) is 6.66. The maximum absolute atomic E-state index is 12.7. The van der Waals surface area contributed by atoms with Crippen molar-refractivity contribution in [2.24, 2.45) is 0 Å². The lowest BCUT2D eigenvalue weighted by Gasteiger charge is -2.14. The van der Waals surface area contributed by atoms with E-state index in [1.807, 2.05) is 6.92 Å². The van der Waals surface area contributed by atoms with Crippen LogP contribution < -0.4 is 26.2 Å². The molecule has 0 spiro atoms. The van der Waals surface area contributed by atoms with Crippen LogP contribution in [0.15, 0.2) is 29.2 Å². The molecule has 2 rings (SSSR count). The molecule has 3 N–H and O–H groups in total. The number of carbonyl (C=O) groups is 2. The van der Waals surface area contributed by atoms with Crippen molar-refractivity contribution in [1.29, 1.82) is 0 Å². The highest BCUT2D eigenvalue weighted by atomic mass is 35.5. The molecule has 0 unspecified atom stereocenters. The van der Waals surface area contributed by atoms with Crippen molar-refractivity contribution in [2.75, 3.05) is 25.0 Å². The van der Waals surface area contributed by atoms with E-state index in [0.717, 1.165) is 19.3 Å². The second-order valence-electron chi connectivity index (χ2n) is 7.54. The van der Waals surface area contributed by atoms with Crippen LogP contribution in [0.4, 0.5) is 5.82 Å². The highest BCUT2D eigenvalue weighted by Crippen LogP contribution is 2.23. The zero-order chi connectivity index (χ0) is 24.2. The van der Waals surface area contributed by atoms with E-state index >= 15 is 0 Å². The molecule has 0 bridgehead atoms. The summed E-state index contributed by atoms with van der Waals surface area (Å²) in [6.07, 6.45) is 4.66. The van der Waals surface area contributed by atoms with Crippen LogP contribution in [0.2, 0.25) is 5.02 Å². The normalized spacial score (nSPS) is 10.5. The maximum atomic E-state index is 12.7. The third-order valence-electron chi connectivity index (χ3n) is 4.86. The Morgan fingerprint density at radius 1 is 1.15 bits per heavy atom. The number of ether oxygens (including phenoxy) is 1. The molecule has 10 heteroatoms. The topological polar surface area (TPSA) is 114 Å². The van der Waals surface area contributed by atoms with E-state index in [1.165, 1.54) is 4.57 Å². The van der Waals surface area contributed by atoms with Crippen LogP contribution in [0.25, 0.3) is 0 Å². The van der Waals surface area contributed by atoms with E-state index in [2.05, 4.69) is 27.9 Å². The van der Waals surface area contributed by atoms with Gasteiger partial charge in [-0.15, -0.1) is 0 Å². The molecule has 0 saturated carbocycles. The van der Waals surface area contributed by atoms with Crippen LogP contribution in [0, 0.1) is 6.92 Å². The molecule has 9 nitrogen and oxygen atoms in total. The Bertz CT molecular complexity index is 1010. The molecule has 0 atom stereocenters. The minimum Gasteiger partial charge on any atom is -0.483 e. The fourth-order valence-electron chi connectivity index (χ4n) is 3.08. The quantitative estimate of drug-likeness (QED) is 0.382. The molecule has 2 amide bonds. The lowest BCUT2D eigenvalue weighted by molar-refractivity contribution is -0.123. The molecule has 0 radical (unpaired) electrons. The van der Waals surface area contributed by atoms with Crippen LogP contribution in [0.3, 0.4) is 0 Å². The summed E-state index contributed by atoms with van der Waals surface area (Å²) in [5, 5.41) is 8.97. The van der Waals surface area contributed by atoms with Crippen molar-refractivity contribution in [3.63, 3.8) is 0 Å². The summed E-state index contributed by atoms with van der Waals surface area (Å²) < 4.78 is 6.96. The number of benzene rings is 1. The number of hydrogen-bond donors (Lipinski definition) is 3. The van der Waals surface area contributed by atoms with E-state index in [4.69, 9.17) is 16.3 Å². The first-order valence-electron chi connectivity index (χ1n) is 11.1. The molecule has 1 heterocycles. The number of carbonyl (C=O) groups excluding carboxylic acids is 2. The number of halogens is 1. The summed E-state index contributed by atoms with van der Waals surface area (Å²) >= 11 is 6.09. The maximum Gasteiger partial charge on any atom is 0.293 e. The third kappa shape index (κ3) is 8.42. The van der Waals surface area contributed by atoms with Gasteiger partial charge >= 0.3 is 0 Å². The first-order valence-corrected chi connectivity index (χ1v) is 11.5. The monoisotopic (exact) mass is 477 g/mol. The number of aromatic nitrogens is 2. The zero-order valence-corrected chi connectivity index (χ0v) is 20.1. The number of amides is 2. The molecular weight excluding hydrogens is 446 g/mol. The van der Waals surface area contributed by atoms with Crippen molar-refractivity contribution >= 4 is 29.2 Å². The first-order chi connectivity index (χ1) is 15.8. The molecule has 1 aromatic carbocycles. The Labute approximate surface area is 198 Å². The van der Waals surface area contributed by atoms with Crippen LogP contribution >= 0.6 is 11.6 Å². The number of likely N-dealkylation sites (N-methyl/N-ethyl adjacent to an activating group) is 1. The minimum absolute atomic E-state index is 0.130.